The van der Waals surface area contributed by atoms with E-state index in [9.17, 15) is 14.7 Å². The molecule has 0 spiro atoms. The zero-order valence-corrected chi connectivity index (χ0v) is 11.5. The maximum absolute atomic E-state index is 12.1. The zero-order chi connectivity index (χ0) is 15.0. The Balaban J connectivity index is 2.15. The van der Waals surface area contributed by atoms with Crippen LogP contribution in [0.25, 0.3) is 5.70 Å². The number of hydrogen-bond acceptors (Lipinski definition) is 3. The van der Waals surface area contributed by atoms with Crippen LogP contribution in [0.4, 0.5) is 0 Å². The summed E-state index contributed by atoms with van der Waals surface area (Å²) in [6, 6.07) is 9.45. The number of aliphatic carboxylic acids is 1. The van der Waals surface area contributed by atoms with Crippen molar-refractivity contribution in [3.8, 4) is 0 Å². The third-order valence-corrected chi connectivity index (χ3v) is 3.90. The van der Waals surface area contributed by atoms with E-state index in [4.69, 9.17) is 0 Å². The first kappa shape index (κ1) is 13.6. The summed E-state index contributed by atoms with van der Waals surface area (Å²) in [4.78, 5) is 23.6. The molecule has 2 aliphatic heterocycles. The van der Waals surface area contributed by atoms with Crippen LogP contribution in [-0.2, 0) is 9.59 Å². The number of carboxylic acids is 1. The molecule has 5 heteroatoms. The van der Waals surface area contributed by atoms with E-state index in [-0.39, 0.29) is 5.91 Å². The fourth-order valence-corrected chi connectivity index (χ4v) is 2.95. The number of amides is 1. The number of carboxylic acid groups (broad SMARTS) is 1. The van der Waals surface area contributed by atoms with Crippen molar-refractivity contribution >= 4 is 17.6 Å². The van der Waals surface area contributed by atoms with Gasteiger partial charge in [-0.05, 0) is 11.1 Å². The predicted octanol–water partition coefficient (Wildman–Crippen LogP) is 1.75. The van der Waals surface area contributed by atoms with Crippen molar-refractivity contribution in [3.05, 3.63) is 54.1 Å². The SMILES string of the molecule is C=CC(C(=O)O)C1=C(c2ccccc2)N2C(=O)CCN2C1. The summed E-state index contributed by atoms with van der Waals surface area (Å²) in [6.07, 6.45) is 1.89. The molecular weight excluding hydrogens is 268 g/mol. The van der Waals surface area contributed by atoms with E-state index in [1.807, 2.05) is 35.3 Å². The number of hydrazine groups is 1. The molecule has 0 aromatic heterocycles. The molecule has 1 aromatic rings. The van der Waals surface area contributed by atoms with Gasteiger partial charge in [0.1, 0.15) is 0 Å². The molecule has 0 aliphatic carbocycles. The minimum atomic E-state index is -0.941. The maximum Gasteiger partial charge on any atom is 0.314 e. The predicted molar refractivity (Wildman–Crippen MR) is 77.7 cm³/mol. The Morgan fingerprint density at radius 2 is 2.05 bits per heavy atom. The molecule has 1 N–H and O–H groups in total. The van der Waals surface area contributed by atoms with Crippen LogP contribution in [-0.4, -0.2) is 40.1 Å². The van der Waals surface area contributed by atoms with Crippen LogP contribution < -0.4 is 0 Å². The molecule has 1 fully saturated rings. The van der Waals surface area contributed by atoms with Crippen LogP contribution in [0.3, 0.4) is 0 Å². The monoisotopic (exact) mass is 284 g/mol. The smallest absolute Gasteiger partial charge is 0.314 e. The number of nitrogens with zero attached hydrogens (tertiary/aromatic N) is 2. The van der Waals surface area contributed by atoms with E-state index in [0.717, 1.165) is 11.1 Å². The molecule has 1 aromatic carbocycles. The average Bonchev–Trinajstić information content (AvgIpc) is 3.01. The van der Waals surface area contributed by atoms with Gasteiger partial charge in [-0.1, -0.05) is 36.4 Å². The lowest BCUT2D eigenvalue weighted by Gasteiger charge is -2.22. The molecule has 1 unspecified atom stereocenters. The Morgan fingerprint density at radius 1 is 1.33 bits per heavy atom. The topological polar surface area (TPSA) is 60.9 Å². The molecule has 2 aliphatic rings. The van der Waals surface area contributed by atoms with Crippen LogP contribution in [0.1, 0.15) is 12.0 Å². The molecule has 3 rings (SSSR count). The number of carbonyl (C=O) groups excluding carboxylic acids is 1. The minimum Gasteiger partial charge on any atom is -0.481 e. The van der Waals surface area contributed by atoms with Crippen LogP contribution in [0.15, 0.2) is 48.6 Å². The van der Waals surface area contributed by atoms with Gasteiger partial charge in [-0.3, -0.25) is 9.59 Å². The van der Waals surface area contributed by atoms with Crippen molar-refractivity contribution in [2.75, 3.05) is 13.1 Å². The molecule has 1 saturated heterocycles. The highest BCUT2D eigenvalue weighted by Crippen LogP contribution is 2.38. The van der Waals surface area contributed by atoms with Crippen molar-refractivity contribution in [1.29, 1.82) is 0 Å². The number of carbonyl (C=O) groups is 2. The summed E-state index contributed by atoms with van der Waals surface area (Å²) in [6.45, 7) is 4.72. The fraction of sp³-hybridized carbons (Fsp3) is 0.250. The van der Waals surface area contributed by atoms with Crippen LogP contribution in [0.2, 0.25) is 0 Å². The number of hydrogen-bond donors (Lipinski definition) is 1. The highest BCUT2D eigenvalue weighted by molar-refractivity contribution is 5.92. The van der Waals surface area contributed by atoms with Gasteiger partial charge < -0.3 is 5.11 Å². The maximum atomic E-state index is 12.1. The summed E-state index contributed by atoms with van der Waals surface area (Å²) in [5.41, 5.74) is 2.28. The van der Waals surface area contributed by atoms with Crippen molar-refractivity contribution in [1.82, 2.24) is 10.0 Å². The fourth-order valence-electron chi connectivity index (χ4n) is 2.95. The van der Waals surface area contributed by atoms with Gasteiger partial charge in [0.05, 0.1) is 11.6 Å². The van der Waals surface area contributed by atoms with Crippen LogP contribution in [0.5, 0.6) is 0 Å². The molecule has 21 heavy (non-hydrogen) atoms. The van der Waals surface area contributed by atoms with Gasteiger partial charge in [0, 0.05) is 19.5 Å². The van der Waals surface area contributed by atoms with Gasteiger partial charge in [0.15, 0.2) is 0 Å². The van der Waals surface area contributed by atoms with Crippen molar-refractivity contribution in [2.45, 2.75) is 6.42 Å². The van der Waals surface area contributed by atoms with Gasteiger partial charge >= 0.3 is 5.97 Å². The quantitative estimate of drug-likeness (QED) is 0.856. The van der Waals surface area contributed by atoms with Crippen molar-refractivity contribution < 1.29 is 14.7 Å². The standard InChI is InChI=1S/C16H16N2O3/c1-2-12(16(20)21)13-10-17-9-8-14(19)18(17)15(13)11-6-4-3-5-7-11/h2-7,12H,1,8-10H2,(H,20,21). The van der Waals surface area contributed by atoms with E-state index in [2.05, 4.69) is 6.58 Å². The van der Waals surface area contributed by atoms with E-state index in [0.29, 0.717) is 25.2 Å². The number of fused-ring (bicyclic) bond motifs is 1. The summed E-state index contributed by atoms with van der Waals surface area (Å²) < 4.78 is 0. The molecule has 1 amide bonds. The molecule has 108 valence electrons. The molecule has 0 saturated carbocycles. The second kappa shape index (κ2) is 5.18. The number of rotatable bonds is 4. The summed E-state index contributed by atoms with van der Waals surface area (Å²) in [5.74, 6) is -1.71. The summed E-state index contributed by atoms with van der Waals surface area (Å²) in [5, 5.41) is 12.9. The molecule has 0 bridgehead atoms. The second-order valence-electron chi connectivity index (χ2n) is 5.14. The van der Waals surface area contributed by atoms with E-state index in [1.54, 1.807) is 5.01 Å². The Labute approximate surface area is 122 Å². The first-order chi connectivity index (χ1) is 10.1. The third kappa shape index (κ3) is 2.15. The highest BCUT2D eigenvalue weighted by atomic mass is 16.4. The third-order valence-electron chi connectivity index (χ3n) is 3.90. The Morgan fingerprint density at radius 3 is 2.67 bits per heavy atom. The zero-order valence-electron chi connectivity index (χ0n) is 11.5. The summed E-state index contributed by atoms with van der Waals surface area (Å²) >= 11 is 0. The van der Waals surface area contributed by atoms with Crippen LogP contribution in [0, 0.1) is 5.92 Å². The first-order valence-corrected chi connectivity index (χ1v) is 6.85. The lowest BCUT2D eigenvalue weighted by atomic mass is 9.94. The largest absolute Gasteiger partial charge is 0.481 e. The Hall–Kier alpha value is -2.40. The molecule has 0 radical (unpaired) electrons. The molecule has 1 atom stereocenters. The van der Waals surface area contributed by atoms with Crippen LogP contribution >= 0.6 is 0 Å². The minimum absolute atomic E-state index is 0.0112. The lowest BCUT2D eigenvalue weighted by Crippen LogP contribution is -2.32. The molecule has 2 heterocycles. The normalized spacial score (nSPS) is 19.8. The Bertz CT molecular complexity index is 636. The molecule has 5 nitrogen and oxygen atoms in total. The number of benzene rings is 1. The van der Waals surface area contributed by atoms with E-state index < -0.39 is 11.9 Å². The van der Waals surface area contributed by atoms with Crippen molar-refractivity contribution in [3.63, 3.8) is 0 Å². The summed E-state index contributed by atoms with van der Waals surface area (Å²) in [7, 11) is 0. The van der Waals surface area contributed by atoms with Gasteiger partial charge in [-0.2, -0.15) is 0 Å². The van der Waals surface area contributed by atoms with Gasteiger partial charge in [-0.15, -0.1) is 6.58 Å². The van der Waals surface area contributed by atoms with E-state index >= 15 is 0 Å². The highest BCUT2D eigenvalue weighted by Gasteiger charge is 2.42. The van der Waals surface area contributed by atoms with Gasteiger partial charge in [0.2, 0.25) is 5.91 Å². The first-order valence-electron chi connectivity index (χ1n) is 6.85. The second-order valence-corrected chi connectivity index (χ2v) is 5.14. The van der Waals surface area contributed by atoms with Gasteiger partial charge in [0.25, 0.3) is 0 Å². The lowest BCUT2D eigenvalue weighted by molar-refractivity contribution is -0.139. The molecular formula is C16H16N2O3. The van der Waals surface area contributed by atoms with Crippen molar-refractivity contribution in [2.24, 2.45) is 5.92 Å². The van der Waals surface area contributed by atoms with E-state index in [1.165, 1.54) is 6.08 Å². The average molecular weight is 284 g/mol. The Kier molecular flexibility index (Phi) is 3.35. The van der Waals surface area contributed by atoms with Gasteiger partial charge in [-0.25, -0.2) is 10.0 Å².